The van der Waals surface area contributed by atoms with Crippen LogP contribution in [0.1, 0.15) is 37.3 Å². The molecule has 1 aliphatic rings. The second-order valence-corrected chi connectivity index (χ2v) is 7.43. The Morgan fingerprint density at radius 1 is 1.27 bits per heavy atom. The molecule has 1 aromatic rings. The summed E-state index contributed by atoms with van der Waals surface area (Å²) in [6, 6.07) is 6.71. The Bertz CT molecular complexity index is 565. The molecule has 120 valence electrons. The molecule has 5 nitrogen and oxygen atoms in total. The van der Waals surface area contributed by atoms with Crippen molar-refractivity contribution in [3.63, 3.8) is 0 Å². The van der Waals surface area contributed by atoms with Crippen LogP contribution in [0.2, 0.25) is 0 Å². The number of hydrogen-bond donors (Lipinski definition) is 0. The molecule has 0 bridgehead atoms. The van der Waals surface area contributed by atoms with Crippen molar-refractivity contribution in [2.45, 2.75) is 44.7 Å². The fraction of sp³-hybridized carbons (Fsp3) is 0.500. The van der Waals surface area contributed by atoms with E-state index in [1.807, 2.05) is 31.2 Å². The molecule has 0 unspecified atom stereocenters. The molecular formula is C16H20NO4S-. The molecular weight excluding hydrogens is 302 g/mol. The lowest BCUT2D eigenvalue weighted by atomic mass is 10.1. The summed E-state index contributed by atoms with van der Waals surface area (Å²) < 4.78 is 5.36. The zero-order valence-corrected chi connectivity index (χ0v) is 14.0. The summed E-state index contributed by atoms with van der Waals surface area (Å²) in [5.74, 6) is -0.965. The van der Waals surface area contributed by atoms with Crippen molar-refractivity contribution < 1.29 is 19.4 Å². The molecule has 22 heavy (non-hydrogen) atoms. The van der Waals surface area contributed by atoms with E-state index in [2.05, 4.69) is 0 Å². The third-order valence-corrected chi connectivity index (χ3v) is 4.56. The SMILES string of the molecule is Cc1ccc([C@@H]2SC[C@@H](C(=O)[O-])N2C(=O)OC(C)(C)C)cc1. The summed E-state index contributed by atoms with van der Waals surface area (Å²) in [4.78, 5) is 25.0. The molecule has 2 atom stereocenters. The van der Waals surface area contributed by atoms with Crippen LogP contribution in [0.5, 0.6) is 0 Å². The Balaban J connectivity index is 2.30. The lowest BCUT2D eigenvalue weighted by molar-refractivity contribution is -0.310. The topological polar surface area (TPSA) is 69.7 Å². The molecule has 0 aliphatic carbocycles. The molecule has 1 heterocycles. The molecule has 0 spiro atoms. The van der Waals surface area contributed by atoms with Gasteiger partial charge in [-0.1, -0.05) is 29.8 Å². The standard InChI is InChI=1S/C16H21NO4S/c1-10-5-7-11(8-6-10)13-17(12(9-22-13)14(18)19)15(20)21-16(2,3)4/h5-8,12-13H,9H2,1-4H3,(H,18,19)/p-1/t12-,13-/m0/s1. The van der Waals surface area contributed by atoms with E-state index in [1.165, 1.54) is 16.7 Å². The Morgan fingerprint density at radius 2 is 1.86 bits per heavy atom. The fourth-order valence-electron chi connectivity index (χ4n) is 2.21. The third kappa shape index (κ3) is 3.74. The van der Waals surface area contributed by atoms with Gasteiger partial charge in [-0.2, -0.15) is 0 Å². The Morgan fingerprint density at radius 3 is 2.36 bits per heavy atom. The number of rotatable bonds is 2. The number of carbonyl (C=O) groups is 2. The Hall–Kier alpha value is -1.69. The van der Waals surface area contributed by atoms with Gasteiger partial charge < -0.3 is 14.6 Å². The van der Waals surface area contributed by atoms with E-state index in [0.29, 0.717) is 5.75 Å². The largest absolute Gasteiger partial charge is 0.548 e. The van der Waals surface area contributed by atoms with Crippen molar-refractivity contribution in [1.29, 1.82) is 0 Å². The van der Waals surface area contributed by atoms with Crippen LogP contribution >= 0.6 is 11.8 Å². The third-order valence-electron chi connectivity index (χ3n) is 3.24. The van der Waals surface area contributed by atoms with Gasteiger partial charge >= 0.3 is 6.09 Å². The highest BCUT2D eigenvalue weighted by molar-refractivity contribution is 7.99. The van der Waals surface area contributed by atoms with Gasteiger partial charge in [0.2, 0.25) is 0 Å². The molecule has 1 aliphatic heterocycles. The van der Waals surface area contributed by atoms with E-state index in [9.17, 15) is 14.7 Å². The van der Waals surface area contributed by atoms with E-state index >= 15 is 0 Å². The van der Waals surface area contributed by atoms with Crippen LogP contribution in [0.15, 0.2) is 24.3 Å². The smallest absolute Gasteiger partial charge is 0.412 e. The molecule has 6 heteroatoms. The van der Waals surface area contributed by atoms with Crippen molar-refractivity contribution in [2.75, 3.05) is 5.75 Å². The van der Waals surface area contributed by atoms with Crippen molar-refractivity contribution in [2.24, 2.45) is 0 Å². The number of aliphatic carboxylic acids is 1. The van der Waals surface area contributed by atoms with Crippen molar-refractivity contribution >= 4 is 23.8 Å². The quantitative estimate of drug-likeness (QED) is 0.834. The van der Waals surface area contributed by atoms with Gasteiger partial charge in [0.05, 0.1) is 12.0 Å². The minimum absolute atomic E-state index is 0.292. The number of benzene rings is 1. The molecule has 0 N–H and O–H groups in total. The maximum Gasteiger partial charge on any atom is 0.412 e. The van der Waals surface area contributed by atoms with Gasteiger partial charge in [0.15, 0.2) is 0 Å². The number of carboxylic acids is 1. The van der Waals surface area contributed by atoms with Crippen LogP contribution in [0.3, 0.4) is 0 Å². The van der Waals surface area contributed by atoms with Crippen LogP contribution in [0, 0.1) is 6.92 Å². The first-order valence-electron chi connectivity index (χ1n) is 7.09. The monoisotopic (exact) mass is 322 g/mol. The number of carbonyl (C=O) groups excluding carboxylic acids is 2. The second kappa shape index (κ2) is 6.20. The van der Waals surface area contributed by atoms with Gasteiger partial charge in [-0.3, -0.25) is 4.90 Å². The van der Waals surface area contributed by atoms with E-state index < -0.39 is 23.7 Å². The molecule has 0 radical (unpaired) electrons. The fourth-order valence-corrected chi connectivity index (χ4v) is 3.62. The lowest BCUT2D eigenvalue weighted by Crippen LogP contribution is -2.50. The van der Waals surface area contributed by atoms with E-state index in [-0.39, 0.29) is 5.37 Å². The van der Waals surface area contributed by atoms with Gasteiger partial charge in [0.1, 0.15) is 11.0 Å². The molecule has 2 rings (SSSR count). The van der Waals surface area contributed by atoms with Crippen LogP contribution < -0.4 is 5.11 Å². The zero-order chi connectivity index (χ0) is 16.5. The molecule has 1 fully saturated rings. The van der Waals surface area contributed by atoms with Crippen LogP contribution in [-0.4, -0.2) is 34.4 Å². The van der Waals surface area contributed by atoms with Gasteiger partial charge in [-0.25, -0.2) is 4.79 Å². The van der Waals surface area contributed by atoms with Crippen molar-refractivity contribution in [3.8, 4) is 0 Å². The average Bonchev–Trinajstić information content (AvgIpc) is 2.82. The zero-order valence-electron chi connectivity index (χ0n) is 13.2. The number of aryl methyl sites for hydroxylation is 1. The van der Waals surface area contributed by atoms with Crippen molar-refractivity contribution in [3.05, 3.63) is 35.4 Å². The maximum atomic E-state index is 12.4. The number of thioether (sulfide) groups is 1. The molecule has 1 aromatic carbocycles. The van der Waals surface area contributed by atoms with E-state index in [4.69, 9.17) is 4.74 Å². The van der Waals surface area contributed by atoms with E-state index in [1.54, 1.807) is 20.8 Å². The first kappa shape index (κ1) is 16.7. The number of amides is 1. The van der Waals surface area contributed by atoms with Crippen LogP contribution in [-0.2, 0) is 9.53 Å². The summed E-state index contributed by atoms with van der Waals surface area (Å²) >= 11 is 1.40. The van der Waals surface area contributed by atoms with Gasteiger partial charge in [-0.05, 0) is 33.3 Å². The Kier molecular flexibility index (Phi) is 4.70. The maximum absolute atomic E-state index is 12.4. The molecule has 0 saturated carbocycles. The average molecular weight is 322 g/mol. The van der Waals surface area contributed by atoms with Crippen molar-refractivity contribution in [1.82, 2.24) is 4.90 Å². The van der Waals surface area contributed by atoms with Gasteiger partial charge in [0.25, 0.3) is 0 Å². The lowest BCUT2D eigenvalue weighted by Gasteiger charge is -2.32. The summed E-state index contributed by atoms with van der Waals surface area (Å²) in [5, 5.41) is 11.0. The molecule has 0 aromatic heterocycles. The summed E-state index contributed by atoms with van der Waals surface area (Å²) in [5.41, 5.74) is 1.30. The van der Waals surface area contributed by atoms with E-state index in [0.717, 1.165) is 11.1 Å². The van der Waals surface area contributed by atoms with Crippen LogP contribution in [0.25, 0.3) is 0 Å². The molecule has 1 amide bonds. The summed E-state index contributed by atoms with van der Waals surface area (Å²) in [7, 11) is 0. The first-order chi connectivity index (χ1) is 10.2. The molecule has 1 saturated heterocycles. The second-order valence-electron chi connectivity index (χ2n) is 6.32. The highest BCUT2D eigenvalue weighted by Gasteiger charge is 2.41. The van der Waals surface area contributed by atoms with Gasteiger partial charge in [0, 0.05) is 5.75 Å². The number of ether oxygens (including phenoxy) is 1. The predicted molar refractivity (Wildman–Crippen MR) is 83.2 cm³/mol. The predicted octanol–water partition coefficient (Wildman–Crippen LogP) is 2.10. The number of hydrogen-bond acceptors (Lipinski definition) is 5. The number of carboxylic acid groups (broad SMARTS) is 1. The number of nitrogens with zero attached hydrogens (tertiary/aromatic N) is 1. The minimum atomic E-state index is -1.26. The first-order valence-corrected chi connectivity index (χ1v) is 8.14. The van der Waals surface area contributed by atoms with Crippen LogP contribution in [0.4, 0.5) is 4.79 Å². The summed E-state index contributed by atoms with van der Waals surface area (Å²) in [6.07, 6.45) is -0.628. The highest BCUT2D eigenvalue weighted by atomic mass is 32.2. The normalized spacial score (nSPS) is 21.7. The highest BCUT2D eigenvalue weighted by Crippen LogP contribution is 2.42. The summed E-state index contributed by atoms with van der Waals surface area (Å²) in [6.45, 7) is 7.23. The Labute approximate surface area is 134 Å². The van der Waals surface area contributed by atoms with Gasteiger partial charge in [-0.15, -0.1) is 11.8 Å². The minimum Gasteiger partial charge on any atom is -0.548 e.